The molecule has 0 spiro atoms. The summed E-state index contributed by atoms with van der Waals surface area (Å²) >= 11 is 1.64. The number of nitrogens with zero attached hydrogens (tertiary/aromatic N) is 4. The van der Waals surface area contributed by atoms with Gasteiger partial charge in [0, 0.05) is 85.1 Å². The van der Waals surface area contributed by atoms with Crippen LogP contribution in [0.25, 0.3) is 11.1 Å². The predicted molar refractivity (Wildman–Crippen MR) is 174 cm³/mol. The van der Waals surface area contributed by atoms with Crippen molar-refractivity contribution in [1.29, 1.82) is 0 Å². The molecule has 4 aromatic rings. The highest BCUT2D eigenvalue weighted by Crippen LogP contribution is 2.48. The third kappa shape index (κ3) is 8.00. The first-order valence-corrected chi connectivity index (χ1v) is 16.6. The minimum Gasteiger partial charge on any atom is -0.338 e. The number of anilines is 3. The van der Waals surface area contributed by atoms with Crippen LogP contribution in [-0.2, 0) is 16.7 Å². The number of carbonyl (C=O) groups excluding carboxylic acids is 1. The SMILES string of the molecule is CN.O=C(Nc1ccc2c(c1)Nc1nccc(-c3cccnc3)c1S2)c1ccc(CN2CCN(CCS(=O)(=O)O)CC2)cc1. The lowest BCUT2D eigenvalue weighted by atomic mass is 10.1. The zero-order valence-electron chi connectivity index (χ0n) is 24.3. The average Bonchev–Trinajstić information content (AvgIpc) is 3.04. The van der Waals surface area contributed by atoms with Crippen molar-refractivity contribution in [3.63, 3.8) is 0 Å². The Morgan fingerprint density at radius 1 is 1.02 bits per heavy atom. The Balaban J connectivity index is 0.00000188. The number of pyridine rings is 2. The summed E-state index contributed by atoms with van der Waals surface area (Å²) in [4.78, 5) is 28.2. The number of fused-ring (bicyclic) bond motifs is 2. The second-order valence-corrected chi connectivity index (χ2v) is 12.9. The van der Waals surface area contributed by atoms with Gasteiger partial charge in [0.2, 0.25) is 0 Å². The van der Waals surface area contributed by atoms with Crippen LogP contribution in [0.15, 0.2) is 89.0 Å². The Hall–Kier alpha value is -3.85. The van der Waals surface area contributed by atoms with Gasteiger partial charge in [-0.2, -0.15) is 8.42 Å². The Bertz CT molecular complexity index is 1700. The fourth-order valence-electron chi connectivity index (χ4n) is 5.06. The van der Waals surface area contributed by atoms with Crippen LogP contribution in [0.2, 0.25) is 0 Å². The minimum absolute atomic E-state index is 0.185. The highest BCUT2D eigenvalue weighted by molar-refractivity contribution is 8.00. The van der Waals surface area contributed by atoms with E-state index in [4.69, 9.17) is 4.55 Å². The molecular formula is C31H35N7O4S2. The van der Waals surface area contributed by atoms with Crippen molar-refractivity contribution in [3.8, 4) is 11.1 Å². The summed E-state index contributed by atoms with van der Waals surface area (Å²) in [6.45, 7) is 4.20. The summed E-state index contributed by atoms with van der Waals surface area (Å²) in [6, 6.07) is 19.4. The number of benzene rings is 2. The number of aromatic nitrogens is 2. The molecule has 0 aliphatic carbocycles. The van der Waals surface area contributed by atoms with E-state index >= 15 is 0 Å². The zero-order valence-corrected chi connectivity index (χ0v) is 25.9. The van der Waals surface area contributed by atoms with Gasteiger partial charge >= 0.3 is 0 Å². The van der Waals surface area contributed by atoms with Gasteiger partial charge in [-0.1, -0.05) is 30.0 Å². The van der Waals surface area contributed by atoms with Gasteiger partial charge in [-0.15, -0.1) is 0 Å². The van der Waals surface area contributed by atoms with Crippen molar-refractivity contribution in [2.45, 2.75) is 16.3 Å². The molecule has 1 saturated heterocycles. The highest BCUT2D eigenvalue weighted by Gasteiger charge is 2.22. The molecule has 11 nitrogen and oxygen atoms in total. The molecule has 44 heavy (non-hydrogen) atoms. The maximum absolute atomic E-state index is 13.0. The highest BCUT2D eigenvalue weighted by atomic mass is 32.2. The molecule has 2 aromatic carbocycles. The molecule has 4 heterocycles. The summed E-state index contributed by atoms with van der Waals surface area (Å²) in [5, 5.41) is 6.42. The second kappa shape index (κ2) is 14.3. The summed E-state index contributed by atoms with van der Waals surface area (Å²) in [6.07, 6.45) is 5.38. The third-order valence-electron chi connectivity index (χ3n) is 7.33. The number of nitrogens with one attached hydrogen (secondary N) is 2. The number of nitrogens with two attached hydrogens (primary N) is 1. The van der Waals surface area contributed by atoms with Gasteiger partial charge in [0.25, 0.3) is 16.0 Å². The van der Waals surface area contributed by atoms with Crippen molar-refractivity contribution in [2.75, 3.05) is 56.2 Å². The van der Waals surface area contributed by atoms with Crippen molar-refractivity contribution < 1.29 is 17.8 Å². The molecule has 2 aliphatic heterocycles. The van der Waals surface area contributed by atoms with Crippen LogP contribution < -0.4 is 16.4 Å². The number of hydrogen-bond donors (Lipinski definition) is 4. The molecule has 2 aliphatic rings. The maximum Gasteiger partial charge on any atom is 0.266 e. The van der Waals surface area contributed by atoms with Gasteiger partial charge in [-0.25, -0.2) is 4.98 Å². The third-order valence-corrected chi connectivity index (χ3v) is 9.22. The second-order valence-electron chi connectivity index (χ2n) is 10.3. The molecule has 0 radical (unpaired) electrons. The lowest BCUT2D eigenvalue weighted by molar-refractivity contribution is 0.102. The summed E-state index contributed by atoms with van der Waals surface area (Å²) in [7, 11) is -2.44. The smallest absolute Gasteiger partial charge is 0.266 e. The first-order valence-electron chi connectivity index (χ1n) is 14.2. The minimum atomic E-state index is -3.94. The lowest BCUT2D eigenvalue weighted by Crippen LogP contribution is -2.47. The molecule has 6 rings (SSSR count). The van der Waals surface area contributed by atoms with E-state index in [9.17, 15) is 13.2 Å². The van der Waals surface area contributed by atoms with Gasteiger partial charge in [0.05, 0.1) is 16.3 Å². The monoisotopic (exact) mass is 633 g/mol. The van der Waals surface area contributed by atoms with E-state index in [1.54, 1.807) is 24.2 Å². The van der Waals surface area contributed by atoms with E-state index < -0.39 is 10.1 Å². The van der Waals surface area contributed by atoms with Crippen LogP contribution >= 0.6 is 11.8 Å². The Labute approximate surface area is 261 Å². The van der Waals surface area contributed by atoms with E-state index in [1.165, 1.54) is 7.05 Å². The van der Waals surface area contributed by atoms with Crippen molar-refractivity contribution in [3.05, 3.63) is 90.4 Å². The molecule has 0 saturated carbocycles. The number of amides is 1. The van der Waals surface area contributed by atoms with Crippen LogP contribution in [0.3, 0.4) is 0 Å². The van der Waals surface area contributed by atoms with Crippen molar-refractivity contribution in [2.24, 2.45) is 5.73 Å². The normalized spacial score (nSPS) is 14.8. The first-order chi connectivity index (χ1) is 21.3. The molecule has 5 N–H and O–H groups in total. The number of piperazine rings is 1. The standard InChI is InChI=1S/C30H30N6O4S2.CH5N/c37-30(22-5-3-21(4-6-22)20-36-14-12-35(13-15-36)16-17-42(38,39)40)33-24-7-8-27-26(18-24)34-29-28(41-27)25(9-11-32-29)23-2-1-10-31-19-23;1-2/h1-11,18-19H,12-17,20H2,(H,32,34)(H,33,37)(H,38,39,40);2H2,1H3. The van der Waals surface area contributed by atoms with Crippen LogP contribution in [0.5, 0.6) is 0 Å². The molecule has 230 valence electrons. The molecule has 13 heteroatoms. The van der Waals surface area contributed by atoms with Crippen LogP contribution in [-0.4, -0.2) is 84.2 Å². The van der Waals surface area contributed by atoms with Gasteiger partial charge < -0.3 is 16.4 Å². The van der Waals surface area contributed by atoms with Crippen molar-refractivity contribution >= 4 is 45.0 Å². The zero-order chi connectivity index (χ0) is 31.1. The molecule has 1 fully saturated rings. The van der Waals surface area contributed by atoms with Crippen LogP contribution in [0.4, 0.5) is 17.2 Å². The quantitative estimate of drug-likeness (QED) is 0.182. The number of hydrogen-bond acceptors (Lipinski definition) is 10. The van der Waals surface area contributed by atoms with E-state index in [1.807, 2.05) is 71.8 Å². The molecule has 0 bridgehead atoms. The molecule has 2 aromatic heterocycles. The fourth-order valence-corrected chi connectivity index (χ4v) is 6.62. The van der Waals surface area contributed by atoms with Gasteiger partial charge in [-0.3, -0.25) is 24.1 Å². The summed E-state index contributed by atoms with van der Waals surface area (Å²) < 4.78 is 30.9. The van der Waals surface area contributed by atoms with Crippen LogP contribution in [0.1, 0.15) is 15.9 Å². The Kier molecular flexibility index (Phi) is 10.3. The number of carbonyl (C=O) groups is 1. The topological polar surface area (TPSA) is 154 Å². The largest absolute Gasteiger partial charge is 0.338 e. The van der Waals surface area contributed by atoms with Gasteiger partial charge in [0.15, 0.2) is 0 Å². The van der Waals surface area contributed by atoms with E-state index in [0.29, 0.717) is 17.8 Å². The van der Waals surface area contributed by atoms with Crippen LogP contribution in [0, 0.1) is 0 Å². The van der Waals surface area contributed by atoms with E-state index in [-0.39, 0.29) is 11.7 Å². The molecular weight excluding hydrogens is 599 g/mol. The molecule has 0 unspecified atom stereocenters. The molecule has 1 amide bonds. The lowest BCUT2D eigenvalue weighted by Gasteiger charge is -2.34. The Morgan fingerprint density at radius 2 is 1.77 bits per heavy atom. The number of rotatable bonds is 8. The van der Waals surface area contributed by atoms with Crippen molar-refractivity contribution in [1.82, 2.24) is 19.8 Å². The van der Waals surface area contributed by atoms with Gasteiger partial charge in [-0.05, 0) is 55.1 Å². The Morgan fingerprint density at radius 3 is 2.48 bits per heavy atom. The van der Waals surface area contributed by atoms with E-state index in [2.05, 4.69) is 31.2 Å². The predicted octanol–water partition coefficient (Wildman–Crippen LogP) is 4.18. The molecule has 0 atom stereocenters. The summed E-state index contributed by atoms with van der Waals surface area (Å²) in [5.74, 6) is 0.346. The maximum atomic E-state index is 13.0. The fraction of sp³-hybridized carbons (Fsp3) is 0.258. The first kappa shape index (κ1) is 31.6. The average molecular weight is 634 g/mol. The summed E-state index contributed by atoms with van der Waals surface area (Å²) in [5.41, 5.74) is 9.84. The van der Waals surface area contributed by atoms with Gasteiger partial charge in [0.1, 0.15) is 5.82 Å². The van der Waals surface area contributed by atoms with E-state index in [0.717, 1.165) is 70.7 Å².